The van der Waals surface area contributed by atoms with Gasteiger partial charge < -0.3 is 9.80 Å². The fraction of sp³-hybridized carbons (Fsp3) is 0.333. The highest BCUT2D eigenvalue weighted by atomic mass is 15.3. The van der Waals surface area contributed by atoms with Crippen molar-refractivity contribution in [2.45, 2.75) is 13.5 Å². The Hall–Kier alpha value is -3.02. The maximum atomic E-state index is 4.57. The normalized spacial score (nSPS) is 16.6. The Morgan fingerprint density at radius 1 is 1.00 bits per heavy atom. The van der Waals surface area contributed by atoms with Gasteiger partial charge >= 0.3 is 0 Å². The molecule has 1 fully saturated rings. The molecule has 2 aliphatic rings. The van der Waals surface area contributed by atoms with Crippen molar-refractivity contribution in [3.05, 3.63) is 59.8 Å². The van der Waals surface area contributed by atoms with E-state index in [1.807, 2.05) is 17.9 Å². The highest BCUT2D eigenvalue weighted by Crippen LogP contribution is 2.32. The molecule has 0 saturated carbocycles. The molecule has 5 rings (SSSR count). The highest BCUT2D eigenvalue weighted by molar-refractivity contribution is 5.78. The van der Waals surface area contributed by atoms with E-state index in [0.29, 0.717) is 0 Å². The van der Waals surface area contributed by atoms with Crippen LogP contribution in [-0.2, 0) is 13.6 Å². The molecule has 6 heteroatoms. The van der Waals surface area contributed by atoms with Crippen LogP contribution in [0.2, 0.25) is 0 Å². The molecule has 0 bridgehead atoms. The number of fused-ring (bicyclic) bond motifs is 1. The first-order valence-corrected chi connectivity index (χ1v) is 9.50. The fourth-order valence-corrected chi connectivity index (χ4v) is 4.16. The minimum absolute atomic E-state index is 0.898. The van der Waals surface area contributed by atoms with Gasteiger partial charge in [0.05, 0.1) is 24.1 Å². The van der Waals surface area contributed by atoms with Gasteiger partial charge in [0, 0.05) is 61.9 Å². The van der Waals surface area contributed by atoms with Gasteiger partial charge in [0.1, 0.15) is 0 Å². The van der Waals surface area contributed by atoms with Gasteiger partial charge in [-0.05, 0) is 25.1 Å². The van der Waals surface area contributed by atoms with E-state index in [4.69, 9.17) is 0 Å². The van der Waals surface area contributed by atoms with Gasteiger partial charge in [-0.25, -0.2) is 0 Å². The molecule has 2 aromatic heterocycles. The molecule has 2 aliphatic heterocycles. The maximum Gasteiger partial charge on any atom is 0.0815 e. The van der Waals surface area contributed by atoms with Gasteiger partial charge in [-0.3, -0.25) is 9.36 Å². The summed E-state index contributed by atoms with van der Waals surface area (Å²) >= 11 is 0. The van der Waals surface area contributed by atoms with Gasteiger partial charge in [-0.15, -0.1) is 0 Å². The lowest BCUT2D eigenvalue weighted by atomic mass is 10.1. The lowest BCUT2D eigenvalue weighted by molar-refractivity contribution is 0.309. The molecule has 27 heavy (non-hydrogen) atoms. The Morgan fingerprint density at radius 2 is 1.78 bits per heavy atom. The lowest BCUT2D eigenvalue weighted by Crippen LogP contribution is -2.46. The third-order valence-electron chi connectivity index (χ3n) is 5.51. The molecular formula is C21H24N6. The number of allylic oxidation sites excluding steroid dienone is 1. The number of rotatable bonds is 3. The van der Waals surface area contributed by atoms with Crippen LogP contribution in [0.4, 0.5) is 5.69 Å². The zero-order chi connectivity index (χ0) is 18.4. The van der Waals surface area contributed by atoms with E-state index in [9.17, 15) is 0 Å². The second kappa shape index (κ2) is 6.30. The second-order valence-electron chi connectivity index (χ2n) is 7.40. The summed E-state index contributed by atoms with van der Waals surface area (Å²) in [5.41, 5.74) is 7.44. The lowest BCUT2D eigenvalue weighted by Gasteiger charge is -2.38. The molecule has 0 radical (unpaired) electrons. The standard InChI is InChI=1S/C21H24N6/c1-16-11-18-12-19(15-27(18)23-16)25-7-9-26(10-8-25)21-6-4-3-5-20(21)17-13-22-24(2)14-17/h3-6,11-14H,7-10,15H2,1-2H3. The summed E-state index contributed by atoms with van der Waals surface area (Å²) in [6.45, 7) is 7.08. The zero-order valence-electron chi connectivity index (χ0n) is 15.8. The van der Waals surface area contributed by atoms with Gasteiger partial charge in [0.25, 0.3) is 0 Å². The van der Waals surface area contributed by atoms with Crippen molar-refractivity contribution in [2.75, 3.05) is 31.1 Å². The highest BCUT2D eigenvalue weighted by Gasteiger charge is 2.24. The average molecular weight is 360 g/mol. The first-order chi connectivity index (χ1) is 13.2. The predicted molar refractivity (Wildman–Crippen MR) is 107 cm³/mol. The third-order valence-corrected chi connectivity index (χ3v) is 5.51. The molecule has 0 atom stereocenters. The van der Waals surface area contributed by atoms with Crippen LogP contribution in [0.3, 0.4) is 0 Å². The van der Waals surface area contributed by atoms with Crippen LogP contribution >= 0.6 is 0 Å². The molecule has 0 amide bonds. The number of aromatic nitrogens is 4. The monoisotopic (exact) mass is 360 g/mol. The summed E-state index contributed by atoms with van der Waals surface area (Å²) in [6.07, 6.45) is 6.32. The maximum absolute atomic E-state index is 4.57. The summed E-state index contributed by atoms with van der Waals surface area (Å²) in [5, 5.41) is 8.90. The predicted octanol–water partition coefficient (Wildman–Crippen LogP) is 2.77. The number of hydrogen-bond acceptors (Lipinski definition) is 4. The van der Waals surface area contributed by atoms with E-state index in [2.05, 4.69) is 74.2 Å². The number of anilines is 1. The Bertz CT molecular complexity index is 1000. The van der Waals surface area contributed by atoms with E-state index < -0.39 is 0 Å². The SMILES string of the molecule is Cc1cc2n(n1)CC(N1CCN(c3ccccc3-c3cnn(C)c3)CC1)=C2. The van der Waals surface area contributed by atoms with Crippen LogP contribution < -0.4 is 4.90 Å². The van der Waals surface area contributed by atoms with E-state index in [1.165, 1.54) is 28.2 Å². The summed E-state index contributed by atoms with van der Waals surface area (Å²) in [4.78, 5) is 5.00. The smallest absolute Gasteiger partial charge is 0.0815 e. The number of para-hydroxylation sites is 1. The summed E-state index contributed by atoms with van der Waals surface area (Å²) in [6, 6.07) is 10.8. The Balaban J connectivity index is 1.32. The Kier molecular flexibility index (Phi) is 3.77. The van der Waals surface area contributed by atoms with E-state index in [-0.39, 0.29) is 0 Å². The van der Waals surface area contributed by atoms with Crippen LogP contribution in [0.5, 0.6) is 0 Å². The molecule has 4 heterocycles. The van der Waals surface area contributed by atoms with Crippen LogP contribution in [0.1, 0.15) is 11.4 Å². The molecule has 0 aliphatic carbocycles. The number of aryl methyl sites for hydroxylation is 2. The zero-order valence-corrected chi connectivity index (χ0v) is 15.8. The Morgan fingerprint density at radius 3 is 2.52 bits per heavy atom. The van der Waals surface area contributed by atoms with Crippen molar-refractivity contribution in [3.63, 3.8) is 0 Å². The molecule has 0 N–H and O–H groups in total. The van der Waals surface area contributed by atoms with Gasteiger partial charge in [0.2, 0.25) is 0 Å². The van der Waals surface area contributed by atoms with Crippen molar-refractivity contribution in [3.8, 4) is 11.1 Å². The topological polar surface area (TPSA) is 42.1 Å². The molecule has 3 aromatic rings. The molecule has 1 saturated heterocycles. The third kappa shape index (κ3) is 2.91. The average Bonchev–Trinajstić information content (AvgIpc) is 3.36. The van der Waals surface area contributed by atoms with Crippen LogP contribution in [-0.4, -0.2) is 50.6 Å². The van der Waals surface area contributed by atoms with Crippen molar-refractivity contribution in [1.82, 2.24) is 24.5 Å². The second-order valence-corrected chi connectivity index (χ2v) is 7.40. The first kappa shape index (κ1) is 16.2. The van der Waals surface area contributed by atoms with Crippen LogP contribution in [0, 0.1) is 6.92 Å². The summed E-state index contributed by atoms with van der Waals surface area (Å²) in [7, 11) is 1.96. The Labute approximate surface area is 159 Å². The largest absolute Gasteiger partial charge is 0.370 e. The van der Waals surface area contributed by atoms with Crippen LogP contribution in [0.25, 0.3) is 17.2 Å². The van der Waals surface area contributed by atoms with E-state index in [0.717, 1.165) is 38.4 Å². The molecule has 138 valence electrons. The number of nitrogens with zero attached hydrogens (tertiary/aromatic N) is 6. The molecule has 0 spiro atoms. The van der Waals surface area contributed by atoms with Gasteiger partial charge in [0.15, 0.2) is 0 Å². The molecule has 6 nitrogen and oxygen atoms in total. The van der Waals surface area contributed by atoms with Gasteiger partial charge in [-0.2, -0.15) is 10.2 Å². The minimum atomic E-state index is 0.898. The number of benzene rings is 1. The van der Waals surface area contributed by atoms with E-state index >= 15 is 0 Å². The quantitative estimate of drug-likeness (QED) is 0.720. The molecule has 0 unspecified atom stereocenters. The first-order valence-electron chi connectivity index (χ1n) is 9.50. The van der Waals surface area contributed by atoms with Crippen molar-refractivity contribution in [2.24, 2.45) is 7.05 Å². The molecule has 1 aromatic carbocycles. The molecular weight excluding hydrogens is 336 g/mol. The van der Waals surface area contributed by atoms with Crippen molar-refractivity contribution in [1.29, 1.82) is 0 Å². The van der Waals surface area contributed by atoms with E-state index in [1.54, 1.807) is 0 Å². The number of hydrogen-bond donors (Lipinski definition) is 0. The number of piperazine rings is 1. The summed E-state index contributed by atoms with van der Waals surface area (Å²) < 4.78 is 3.97. The summed E-state index contributed by atoms with van der Waals surface area (Å²) in [5.74, 6) is 0. The van der Waals surface area contributed by atoms with Crippen molar-refractivity contribution < 1.29 is 0 Å². The minimum Gasteiger partial charge on any atom is -0.370 e. The van der Waals surface area contributed by atoms with Crippen LogP contribution in [0.15, 0.2) is 48.4 Å². The van der Waals surface area contributed by atoms with Crippen molar-refractivity contribution >= 4 is 11.8 Å². The van der Waals surface area contributed by atoms with Gasteiger partial charge in [-0.1, -0.05) is 18.2 Å². The fourth-order valence-electron chi connectivity index (χ4n) is 4.16.